The monoisotopic (exact) mass is 605 g/mol. The fourth-order valence-corrected chi connectivity index (χ4v) is 7.06. The third-order valence-electron chi connectivity index (χ3n) is 9.78. The maximum atomic E-state index is 14.3. The molecule has 2 aromatic rings. The molecule has 1 saturated carbocycles. The number of aromatic amines is 1. The predicted octanol–water partition coefficient (Wildman–Crippen LogP) is 2.57. The van der Waals surface area contributed by atoms with Gasteiger partial charge in [-0.2, -0.15) is 0 Å². The topological polar surface area (TPSA) is 150 Å². The maximum absolute atomic E-state index is 14.3. The molecule has 6 atom stereocenters. The Labute approximate surface area is 257 Å². The van der Waals surface area contributed by atoms with Crippen LogP contribution in [0, 0.1) is 28.6 Å². The first-order valence-corrected chi connectivity index (χ1v) is 15.2. The first kappa shape index (κ1) is 31.3. The van der Waals surface area contributed by atoms with Crippen LogP contribution >= 0.6 is 0 Å². The molecule has 3 heterocycles. The molecule has 11 nitrogen and oxygen atoms in total. The van der Waals surface area contributed by atoms with Crippen molar-refractivity contribution in [1.29, 1.82) is 0 Å². The second-order valence-corrected chi connectivity index (χ2v) is 13.9. The van der Waals surface area contributed by atoms with E-state index in [-0.39, 0.29) is 52.9 Å². The van der Waals surface area contributed by atoms with Crippen LogP contribution in [0.5, 0.6) is 5.75 Å². The molecule has 5 rings (SSSR count). The molecule has 1 aliphatic carbocycles. The number of rotatable bonds is 10. The first-order valence-electron chi connectivity index (χ1n) is 15.2. The molecule has 1 aromatic carbocycles. The average Bonchev–Trinajstić information content (AvgIpc) is 3.49. The molecule has 44 heavy (non-hydrogen) atoms. The summed E-state index contributed by atoms with van der Waals surface area (Å²) in [7, 11) is 1.56. The van der Waals surface area contributed by atoms with Crippen LogP contribution in [-0.2, 0) is 19.2 Å². The number of ether oxygens (including phenoxy) is 1. The average molecular weight is 606 g/mol. The van der Waals surface area contributed by atoms with Crippen LogP contribution in [0.4, 0.5) is 0 Å². The van der Waals surface area contributed by atoms with Crippen LogP contribution in [0.25, 0.3) is 10.9 Å². The molecule has 4 N–H and O–H groups in total. The zero-order chi connectivity index (χ0) is 32.1. The fourth-order valence-electron chi connectivity index (χ4n) is 7.06. The summed E-state index contributed by atoms with van der Waals surface area (Å²) in [5, 5.41) is 9.32. The van der Waals surface area contributed by atoms with Crippen molar-refractivity contribution in [1.82, 2.24) is 25.8 Å². The van der Waals surface area contributed by atoms with Crippen molar-refractivity contribution < 1.29 is 28.7 Å². The van der Waals surface area contributed by atoms with Gasteiger partial charge in [-0.1, -0.05) is 47.3 Å². The quantitative estimate of drug-likeness (QED) is 0.306. The van der Waals surface area contributed by atoms with E-state index in [0.29, 0.717) is 25.3 Å². The Hall–Kier alpha value is -4.15. The Morgan fingerprint density at radius 1 is 1.20 bits per heavy atom. The highest BCUT2D eigenvalue weighted by molar-refractivity contribution is 6.03. The molecule has 3 aliphatic rings. The molecule has 236 valence electrons. The largest absolute Gasteiger partial charge is 0.496 e. The number of benzene rings is 1. The lowest BCUT2D eigenvalue weighted by molar-refractivity contribution is -0.144. The van der Waals surface area contributed by atoms with E-state index in [9.17, 15) is 24.0 Å². The molecule has 2 aliphatic heterocycles. The second kappa shape index (κ2) is 11.4. The van der Waals surface area contributed by atoms with E-state index in [4.69, 9.17) is 4.74 Å². The number of hydrogen-bond donors (Lipinski definition) is 4. The van der Waals surface area contributed by atoms with E-state index in [1.807, 2.05) is 32.9 Å². The number of carbonyl (C=O) groups is 5. The van der Waals surface area contributed by atoms with Gasteiger partial charge in [-0.25, -0.2) is 0 Å². The van der Waals surface area contributed by atoms with E-state index in [2.05, 4.69) is 41.4 Å². The Morgan fingerprint density at radius 2 is 1.93 bits per heavy atom. The minimum absolute atomic E-state index is 0.0989. The normalized spacial score (nSPS) is 25.0. The SMILES string of the molecule is C=CC(=O)[C@H](C[C@@H]1CCNC1=O)NC(=O)[C@@H]1[C@@H]2[C@H](CN1C(=O)[C@@H](NC(=O)c1cc3c(OC)cccc3[nH]1)C(C)(C)C)C2(C)C. The number of fused-ring (bicyclic) bond motifs is 2. The maximum Gasteiger partial charge on any atom is 0.268 e. The summed E-state index contributed by atoms with van der Waals surface area (Å²) in [5.74, 6) is -1.52. The number of hydrogen-bond acceptors (Lipinski definition) is 6. The van der Waals surface area contributed by atoms with Crippen LogP contribution in [0.15, 0.2) is 36.9 Å². The molecule has 0 radical (unpaired) electrons. The summed E-state index contributed by atoms with van der Waals surface area (Å²) in [6.45, 7) is 14.2. The van der Waals surface area contributed by atoms with Crippen molar-refractivity contribution in [3.63, 3.8) is 0 Å². The second-order valence-electron chi connectivity index (χ2n) is 13.9. The number of H-pyrrole nitrogens is 1. The summed E-state index contributed by atoms with van der Waals surface area (Å²) in [4.78, 5) is 71.4. The van der Waals surface area contributed by atoms with Gasteiger partial charge in [-0.15, -0.1) is 0 Å². The van der Waals surface area contributed by atoms with Gasteiger partial charge in [0, 0.05) is 29.9 Å². The van der Waals surface area contributed by atoms with Crippen molar-refractivity contribution in [2.24, 2.45) is 28.6 Å². The summed E-state index contributed by atoms with van der Waals surface area (Å²) in [5.41, 5.74) is 0.168. The van der Waals surface area contributed by atoms with Gasteiger partial charge in [0.1, 0.15) is 23.5 Å². The van der Waals surface area contributed by atoms with E-state index >= 15 is 0 Å². The van der Waals surface area contributed by atoms with Crippen molar-refractivity contribution in [2.45, 2.75) is 65.6 Å². The fraction of sp³-hybridized carbons (Fsp3) is 0.545. The molecule has 4 amide bonds. The summed E-state index contributed by atoms with van der Waals surface area (Å²) < 4.78 is 5.42. The van der Waals surface area contributed by atoms with Crippen LogP contribution in [0.1, 0.15) is 57.9 Å². The number of likely N-dealkylation sites (tertiary alicyclic amines) is 1. The molecule has 11 heteroatoms. The van der Waals surface area contributed by atoms with Gasteiger partial charge in [-0.05, 0) is 59.8 Å². The molecule has 0 unspecified atom stereocenters. The van der Waals surface area contributed by atoms with Crippen LogP contribution in [0.3, 0.4) is 0 Å². The Balaban J connectivity index is 1.38. The lowest BCUT2D eigenvalue weighted by Crippen LogP contribution is -2.60. The molecular formula is C33H43N5O6. The van der Waals surface area contributed by atoms with Crippen molar-refractivity contribution >= 4 is 40.3 Å². The standard InChI is InChI=1S/C33H43N5O6/c1-8-23(39)21(14-17-12-13-34-28(17)40)36-30(42)26-25-19(33(25,5)6)16-38(26)31(43)27(32(2,3)4)37-29(41)22-15-18-20(35-22)10-9-11-24(18)44-7/h8-11,15,17,19,21,25-27,35H,1,12-14,16H2,2-7H3,(H,34,40)(H,36,42)(H,37,41)/t17-,19-,21-,25-,26-,27+/m0/s1. The van der Waals surface area contributed by atoms with Gasteiger partial charge < -0.3 is 30.6 Å². The molecule has 3 fully saturated rings. The van der Waals surface area contributed by atoms with Crippen molar-refractivity contribution in [2.75, 3.05) is 20.2 Å². The summed E-state index contributed by atoms with van der Waals surface area (Å²) in [6.07, 6.45) is 1.90. The third kappa shape index (κ3) is 5.59. The first-order chi connectivity index (χ1) is 20.7. The van der Waals surface area contributed by atoms with Crippen LogP contribution in [-0.4, -0.2) is 77.6 Å². The highest BCUT2D eigenvalue weighted by Crippen LogP contribution is 2.65. The van der Waals surface area contributed by atoms with E-state index in [0.717, 1.165) is 17.0 Å². The number of ketones is 1. The lowest BCUT2D eigenvalue weighted by atomic mass is 9.85. The van der Waals surface area contributed by atoms with Gasteiger partial charge in [-0.3, -0.25) is 24.0 Å². The van der Waals surface area contributed by atoms with Crippen molar-refractivity contribution in [3.8, 4) is 5.75 Å². The third-order valence-corrected chi connectivity index (χ3v) is 9.78. The molecule has 0 bridgehead atoms. The number of piperidine rings is 1. The number of aromatic nitrogens is 1. The van der Waals surface area contributed by atoms with E-state index in [1.165, 1.54) is 0 Å². The molecular weight excluding hydrogens is 562 g/mol. The molecule has 1 aromatic heterocycles. The Bertz CT molecular complexity index is 1520. The minimum Gasteiger partial charge on any atom is -0.496 e. The smallest absolute Gasteiger partial charge is 0.268 e. The number of methoxy groups -OCH3 is 1. The van der Waals surface area contributed by atoms with Gasteiger partial charge in [0.25, 0.3) is 5.91 Å². The number of nitrogens with one attached hydrogen (secondary N) is 4. The van der Waals surface area contributed by atoms with Gasteiger partial charge in [0.15, 0.2) is 5.78 Å². The van der Waals surface area contributed by atoms with E-state index < -0.39 is 35.4 Å². The molecule has 2 saturated heterocycles. The lowest BCUT2D eigenvalue weighted by Gasteiger charge is -2.38. The Kier molecular flexibility index (Phi) is 8.11. The predicted molar refractivity (Wildman–Crippen MR) is 165 cm³/mol. The number of carbonyl (C=O) groups excluding carboxylic acids is 5. The van der Waals surface area contributed by atoms with Crippen LogP contribution < -0.4 is 20.7 Å². The highest BCUT2D eigenvalue weighted by atomic mass is 16.5. The van der Waals surface area contributed by atoms with Gasteiger partial charge >= 0.3 is 0 Å². The van der Waals surface area contributed by atoms with Gasteiger partial charge in [0.2, 0.25) is 17.7 Å². The van der Waals surface area contributed by atoms with Gasteiger partial charge in [0.05, 0.1) is 13.2 Å². The summed E-state index contributed by atoms with van der Waals surface area (Å²) >= 11 is 0. The van der Waals surface area contributed by atoms with Crippen LogP contribution in [0.2, 0.25) is 0 Å². The minimum atomic E-state index is -0.938. The summed E-state index contributed by atoms with van der Waals surface area (Å²) in [6, 6.07) is 4.47. The number of amides is 4. The van der Waals surface area contributed by atoms with E-state index in [1.54, 1.807) is 24.1 Å². The highest BCUT2D eigenvalue weighted by Gasteiger charge is 2.69. The Morgan fingerprint density at radius 3 is 2.55 bits per heavy atom. The zero-order valence-electron chi connectivity index (χ0n) is 26.3. The molecule has 0 spiro atoms. The zero-order valence-corrected chi connectivity index (χ0v) is 26.3. The van der Waals surface area contributed by atoms with Crippen molar-refractivity contribution in [3.05, 3.63) is 42.6 Å². The number of nitrogens with zero attached hydrogens (tertiary/aromatic N) is 1.